The van der Waals surface area contributed by atoms with Crippen molar-refractivity contribution in [1.82, 2.24) is 5.48 Å². The summed E-state index contributed by atoms with van der Waals surface area (Å²) in [6.07, 6.45) is 6.12. The van der Waals surface area contributed by atoms with Gasteiger partial charge in [0.15, 0.2) is 11.3 Å². The van der Waals surface area contributed by atoms with Gasteiger partial charge in [0, 0.05) is 18.0 Å². The second-order valence-electron chi connectivity index (χ2n) is 4.07. The maximum absolute atomic E-state index is 12.6. The lowest BCUT2D eigenvalue weighted by Crippen LogP contribution is -2.45. The van der Waals surface area contributed by atoms with Crippen molar-refractivity contribution < 1.29 is 9.63 Å². The van der Waals surface area contributed by atoms with Crippen molar-refractivity contribution in [3.05, 3.63) is 60.4 Å². The Kier molecular flexibility index (Phi) is 2.53. The Balaban J connectivity index is 2.01. The molecular formula is C13H11N3O2. The summed E-state index contributed by atoms with van der Waals surface area (Å²) >= 11 is 0. The molecule has 0 fully saturated rings. The van der Waals surface area contributed by atoms with E-state index < -0.39 is 11.6 Å². The highest BCUT2D eigenvalue weighted by Gasteiger charge is 2.47. The Morgan fingerprint density at radius 1 is 1.33 bits per heavy atom. The standard InChI is InChI=1S/C13H11N3O2/c17-12(10-4-2-1-3-5-10)13(7-9-14-16-13)11-6-8-15-18-11/h1-9,11,15H. The van der Waals surface area contributed by atoms with Gasteiger partial charge in [0.25, 0.3) is 0 Å². The first-order chi connectivity index (χ1) is 8.83. The molecule has 0 aromatic heterocycles. The van der Waals surface area contributed by atoms with E-state index in [1.807, 2.05) is 18.2 Å². The number of Topliss-reactive ketones (excluding diaryl/α,β-unsaturated/α-hetero) is 1. The van der Waals surface area contributed by atoms with Crippen LogP contribution in [0.15, 0.2) is 65.1 Å². The summed E-state index contributed by atoms with van der Waals surface area (Å²) in [6.45, 7) is 0. The zero-order valence-electron chi connectivity index (χ0n) is 9.48. The molecule has 0 saturated carbocycles. The maximum atomic E-state index is 12.6. The SMILES string of the molecule is O=C(c1ccccc1)C1(C2C=CNO2)C=CN=N1. The van der Waals surface area contributed by atoms with Crippen molar-refractivity contribution in [2.24, 2.45) is 10.2 Å². The minimum atomic E-state index is -1.10. The molecule has 1 N–H and O–H groups in total. The maximum Gasteiger partial charge on any atom is 0.199 e. The van der Waals surface area contributed by atoms with E-state index in [1.165, 1.54) is 6.20 Å². The van der Waals surface area contributed by atoms with Crippen LogP contribution in [0, 0.1) is 0 Å². The van der Waals surface area contributed by atoms with Crippen molar-refractivity contribution in [2.75, 3.05) is 0 Å². The number of rotatable bonds is 3. The summed E-state index contributed by atoms with van der Waals surface area (Å²) in [5, 5.41) is 7.88. The van der Waals surface area contributed by atoms with E-state index in [1.54, 1.807) is 30.5 Å². The molecular weight excluding hydrogens is 230 g/mol. The van der Waals surface area contributed by atoms with Gasteiger partial charge in [0.2, 0.25) is 0 Å². The summed E-state index contributed by atoms with van der Waals surface area (Å²) in [7, 11) is 0. The Hall–Kier alpha value is -2.27. The number of nitrogens with one attached hydrogen (secondary N) is 1. The quantitative estimate of drug-likeness (QED) is 0.823. The summed E-state index contributed by atoms with van der Waals surface area (Å²) < 4.78 is 0. The average Bonchev–Trinajstić information content (AvgIpc) is 3.10. The molecule has 0 aliphatic carbocycles. The predicted molar refractivity (Wildman–Crippen MR) is 64.6 cm³/mol. The molecule has 1 aromatic rings. The minimum absolute atomic E-state index is 0.126. The molecule has 2 aliphatic heterocycles. The molecule has 0 saturated heterocycles. The Morgan fingerprint density at radius 2 is 2.17 bits per heavy atom. The summed E-state index contributed by atoms with van der Waals surface area (Å²) in [6, 6.07) is 9.03. The Bertz CT molecular complexity index is 537. The second-order valence-corrected chi connectivity index (χ2v) is 4.07. The number of carbonyl (C=O) groups is 1. The molecule has 2 atom stereocenters. The van der Waals surface area contributed by atoms with Crippen molar-refractivity contribution in [3.8, 4) is 0 Å². The highest BCUT2D eigenvalue weighted by molar-refractivity contribution is 6.05. The van der Waals surface area contributed by atoms with E-state index in [9.17, 15) is 4.79 Å². The number of ketones is 1. The van der Waals surface area contributed by atoms with Gasteiger partial charge >= 0.3 is 0 Å². The number of carbonyl (C=O) groups excluding carboxylic acids is 1. The highest BCUT2D eigenvalue weighted by Crippen LogP contribution is 2.31. The van der Waals surface area contributed by atoms with E-state index >= 15 is 0 Å². The van der Waals surface area contributed by atoms with Crippen molar-refractivity contribution in [3.63, 3.8) is 0 Å². The van der Waals surface area contributed by atoms with E-state index in [-0.39, 0.29) is 5.78 Å². The van der Waals surface area contributed by atoms with Gasteiger partial charge < -0.3 is 0 Å². The van der Waals surface area contributed by atoms with Gasteiger partial charge in [-0.15, -0.1) is 0 Å². The molecule has 0 bridgehead atoms. The number of hydroxylamine groups is 1. The molecule has 2 heterocycles. The molecule has 2 aliphatic rings. The lowest BCUT2D eigenvalue weighted by Gasteiger charge is -2.25. The predicted octanol–water partition coefficient (Wildman–Crippen LogP) is 2.00. The van der Waals surface area contributed by atoms with Crippen LogP contribution in [0.1, 0.15) is 10.4 Å². The summed E-state index contributed by atoms with van der Waals surface area (Å²) in [4.78, 5) is 17.9. The molecule has 0 spiro atoms. The fourth-order valence-electron chi connectivity index (χ4n) is 2.05. The van der Waals surface area contributed by atoms with Crippen LogP contribution < -0.4 is 5.48 Å². The number of hydrogen-bond donors (Lipinski definition) is 1. The van der Waals surface area contributed by atoms with Crippen LogP contribution in [0.5, 0.6) is 0 Å². The van der Waals surface area contributed by atoms with Crippen LogP contribution in [0.25, 0.3) is 0 Å². The molecule has 2 unspecified atom stereocenters. The molecule has 18 heavy (non-hydrogen) atoms. The third-order valence-electron chi connectivity index (χ3n) is 2.99. The number of azo groups is 1. The topological polar surface area (TPSA) is 63.0 Å². The molecule has 5 nitrogen and oxygen atoms in total. The van der Waals surface area contributed by atoms with Gasteiger partial charge in [-0.1, -0.05) is 30.3 Å². The van der Waals surface area contributed by atoms with Gasteiger partial charge in [-0.3, -0.25) is 15.1 Å². The first-order valence-corrected chi connectivity index (χ1v) is 5.60. The summed E-state index contributed by atoms with van der Waals surface area (Å²) in [5.41, 5.74) is 2.11. The van der Waals surface area contributed by atoms with Gasteiger partial charge in [-0.2, -0.15) is 10.2 Å². The molecule has 3 rings (SSSR count). The van der Waals surface area contributed by atoms with Crippen LogP contribution in [0.4, 0.5) is 0 Å². The van der Waals surface area contributed by atoms with Gasteiger partial charge in [-0.25, -0.2) is 0 Å². The minimum Gasteiger partial charge on any atom is -0.291 e. The lowest BCUT2D eigenvalue weighted by atomic mass is 9.85. The van der Waals surface area contributed by atoms with Gasteiger partial charge in [0.05, 0.1) is 0 Å². The third-order valence-corrected chi connectivity index (χ3v) is 2.99. The van der Waals surface area contributed by atoms with Crippen LogP contribution in [-0.4, -0.2) is 17.4 Å². The molecule has 0 amide bonds. The fourth-order valence-corrected chi connectivity index (χ4v) is 2.05. The Labute approximate surface area is 104 Å². The number of hydrogen-bond acceptors (Lipinski definition) is 5. The fraction of sp³-hybridized carbons (Fsp3) is 0.154. The molecule has 5 heteroatoms. The number of benzene rings is 1. The van der Waals surface area contributed by atoms with Crippen LogP contribution in [-0.2, 0) is 4.84 Å². The summed E-state index contributed by atoms with van der Waals surface area (Å²) in [5.74, 6) is -0.126. The van der Waals surface area contributed by atoms with Crippen molar-refractivity contribution >= 4 is 5.78 Å². The van der Waals surface area contributed by atoms with Crippen LogP contribution >= 0.6 is 0 Å². The zero-order chi connectivity index (χ0) is 12.4. The lowest BCUT2D eigenvalue weighted by molar-refractivity contribution is 0.0163. The molecule has 1 aromatic carbocycles. The van der Waals surface area contributed by atoms with Crippen molar-refractivity contribution in [1.29, 1.82) is 0 Å². The first kappa shape index (κ1) is 10.9. The average molecular weight is 241 g/mol. The van der Waals surface area contributed by atoms with Crippen LogP contribution in [0.3, 0.4) is 0 Å². The van der Waals surface area contributed by atoms with Gasteiger partial charge in [-0.05, 0) is 12.2 Å². The van der Waals surface area contributed by atoms with E-state index in [4.69, 9.17) is 4.84 Å². The zero-order valence-corrected chi connectivity index (χ0v) is 9.48. The normalized spacial score (nSPS) is 28.6. The molecule has 90 valence electrons. The smallest absolute Gasteiger partial charge is 0.199 e. The highest BCUT2D eigenvalue weighted by atomic mass is 16.7. The van der Waals surface area contributed by atoms with Crippen LogP contribution in [0.2, 0.25) is 0 Å². The third kappa shape index (κ3) is 1.56. The second kappa shape index (κ2) is 4.19. The largest absolute Gasteiger partial charge is 0.291 e. The molecule has 0 radical (unpaired) electrons. The number of nitrogens with zero attached hydrogens (tertiary/aromatic N) is 2. The Morgan fingerprint density at radius 3 is 2.78 bits per heavy atom. The van der Waals surface area contributed by atoms with Crippen molar-refractivity contribution in [2.45, 2.75) is 11.6 Å². The van der Waals surface area contributed by atoms with Gasteiger partial charge in [0.1, 0.15) is 6.10 Å². The van der Waals surface area contributed by atoms with E-state index in [0.29, 0.717) is 5.56 Å². The van der Waals surface area contributed by atoms with E-state index in [0.717, 1.165) is 0 Å². The van der Waals surface area contributed by atoms with E-state index in [2.05, 4.69) is 15.7 Å². The monoisotopic (exact) mass is 241 g/mol. The first-order valence-electron chi connectivity index (χ1n) is 5.60.